The van der Waals surface area contributed by atoms with E-state index in [0.717, 1.165) is 32.7 Å². The summed E-state index contributed by atoms with van der Waals surface area (Å²) in [6.07, 6.45) is 0. The summed E-state index contributed by atoms with van der Waals surface area (Å²) in [5, 5.41) is 5.00. The molecule has 1 aliphatic heterocycles. The van der Waals surface area contributed by atoms with Crippen LogP contribution in [0.4, 0.5) is 4.79 Å². The lowest BCUT2D eigenvalue weighted by molar-refractivity contribution is 0.143. The van der Waals surface area contributed by atoms with Crippen molar-refractivity contribution in [2.45, 2.75) is 13.5 Å². The predicted molar refractivity (Wildman–Crippen MR) is 70.2 cm³/mol. The lowest BCUT2D eigenvalue weighted by atomic mass is 10.3. The van der Waals surface area contributed by atoms with E-state index in [2.05, 4.69) is 17.1 Å². The highest BCUT2D eigenvalue weighted by Crippen LogP contribution is 2.08. The molecule has 2 amide bonds. The van der Waals surface area contributed by atoms with Crippen molar-refractivity contribution in [2.75, 3.05) is 32.7 Å². The molecule has 0 spiro atoms. The first-order valence-corrected chi connectivity index (χ1v) is 6.95. The van der Waals surface area contributed by atoms with Crippen molar-refractivity contribution >= 4 is 17.4 Å². The third kappa shape index (κ3) is 3.44. The number of carbonyl (C=O) groups is 1. The van der Waals surface area contributed by atoms with E-state index in [1.54, 1.807) is 11.3 Å². The van der Waals surface area contributed by atoms with E-state index in [1.807, 2.05) is 22.4 Å². The monoisotopic (exact) mass is 253 g/mol. The smallest absolute Gasteiger partial charge is 0.317 e. The Kier molecular flexibility index (Phi) is 4.39. The van der Waals surface area contributed by atoms with Crippen LogP contribution in [0.25, 0.3) is 0 Å². The van der Waals surface area contributed by atoms with Crippen LogP contribution in [-0.4, -0.2) is 48.6 Å². The van der Waals surface area contributed by atoms with Crippen LogP contribution in [0.15, 0.2) is 17.5 Å². The molecule has 5 heteroatoms. The van der Waals surface area contributed by atoms with Gasteiger partial charge in [-0.15, -0.1) is 11.3 Å². The summed E-state index contributed by atoms with van der Waals surface area (Å²) >= 11 is 1.67. The maximum absolute atomic E-state index is 11.9. The van der Waals surface area contributed by atoms with Gasteiger partial charge in [-0.2, -0.15) is 0 Å². The maximum atomic E-state index is 11.9. The van der Waals surface area contributed by atoms with Crippen molar-refractivity contribution in [3.63, 3.8) is 0 Å². The molecule has 0 radical (unpaired) electrons. The molecule has 1 fully saturated rings. The van der Waals surface area contributed by atoms with Crippen molar-refractivity contribution in [3.05, 3.63) is 22.4 Å². The van der Waals surface area contributed by atoms with Gasteiger partial charge < -0.3 is 15.1 Å². The van der Waals surface area contributed by atoms with Crippen molar-refractivity contribution < 1.29 is 4.79 Å². The molecule has 4 nitrogen and oxygen atoms in total. The molecule has 0 bridgehead atoms. The van der Waals surface area contributed by atoms with E-state index < -0.39 is 0 Å². The van der Waals surface area contributed by atoms with Gasteiger partial charge in [0.15, 0.2) is 0 Å². The van der Waals surface area contributed by atoms with Gasteiger partial charge in [-0.3, -0.25) is 0 Å². The minimum absolute atomic E-state index is 0.0640. The lowest BCUT2D eigenvalue weighted by Gasteiger charge is -2.33. The van der Waals surface area contributed by atoms with E-state index in [-0.39, 0.29) is 6.03 Å². The van der Waals surface area contributed by atoms with E-state index in [0.29, 0.717) is 6.54 Å². The standard InChI is InChI=1S/C12H19N3OS/c1-2-14-5-7-15(8-6-14)12(16)13-10-11-4-3-9-17-11/h3-4,9H,2,5-8,10H2,1H3,(H,13,16). The van der Waals surface area contributed by atoms with Gasteiger partial charge in [-0.1, -0.05) is 13.0 Å². The average Bonchev–Trinajstić information content (AvgIpc) is 2.89. The highest BCUT2D eigenvalue weighted by molar-refractivity contribution is 7.09. The molecule has 0 aliphatic carbocycles. The van der Waals surface area contributed by atoms with Crippen LogP contribution in [0.1, 0.15) is 11.8 Å². The predicted octanol–water partition coefficient (Wildman–Crippen LogP) is 1.60. The first-order chi connectivity index (χ1) is 8.29. The van der Waals surface area contributed by atoms with Crippen LogP contribution >= 0.6 is 11.3 Å². The quantitative estimate of drug-likeness (QED) is 0.888. The topological polar surface area (TPSA) is 35.6 Å². The molecule has 2 rings (SSSR count). The molecule has 2 heterocycles. The summed E-state index contributed by atoms with van der Waals surface area (Å²) in [6, 6.07) is 4.11. The van der Waals surface area contributed by atoms with Gasteiger partial charge in [0.2, 0.25) is 0 Å². The van der Waals surface area contributed by atoms with Gasteiger partial charge >= 0.3 is 6.03 Å². The number of piperazine rings is 1. The summed E-state index contributed by atoms with van der Waals surface area (Å²) in [4.78, 5) is 17.4. The normalized spacial score (nSPS) is 17.1. The lowest BCUT2D eigenvalue weighted by Crippen LogP contribution is -2.51. The fourth-order valence-electron chi connectivity index (χ4n) is 1.95. The molecule has 1 saturated heterocycles. The van der Waals surface area contributed by atoms with Gasteiger partial charge in [0.25, 0.3) is 0 Å². The molecule has 94 valence electrons. The van der Waals surface area contributed by atoms with Gasteiger partial charge in [0.1, 0.15) is 0 Å². The number of nitrogens with zero attached hydrogens (tertiary/aromatic N) is 2. The second-order valence-corrected chi connectivity index (χ2v) is 5.19. The molecule has 1 aromatic heterocycles. The number of rotatable bonds is 3. The fraction of sp³-hybridized carbons (Fsp3) is 0.583. The summed E-state index contributed by atoms with van der Waals surface area (Å²) < 4.78 is 0. The zero-order chi connectivity index (χ0) is 12.1. The van der Waals surface area contributed by atoms with E-state index in [4.69, 9.17) is 0 Å². The zero-order valence-corrected chi connectivity index (χ0v) is 11.0. The fourth-order valence-corrected chi connectivity index (χ4v) is 2.60. The number of amides is 2. The number of urea groups is 1. The zero-order valence-electron chi connectivity index (χ0n) is 10.2. The van der Waals surface area contributed by atoms with Crippen molar-refractivity contribution in [3.8, 4) is 0 Å². The van der Waals surface area contributed by atoms with E-state index in [1.165, 1.54) is 4.88 Å². The largest absolute Gasteiger partial charge is 0.333 e. The SMILES string of the molecule is CCN1CCN(C(=O)NCc2cccs2)CC1. The molecule has 17 heavy (non-hydrogen) atoms. The van der Waals surface area contributed by atoms with Crippen LogP contribution < -0.4 is 5.32 Å². The molecular formula is C12H19N3OS. The number of likely N-dealkylation sites (N-methyl/N-ethyl adjacent to an activating group) is 1. The summed E-state index contributed by atoms with van der Waals surface area (Å²) in [5.41, 5.74) is 0. The molecule has 0 aromatic carbocycles. The Balaban J connectivity index is 1.73. The Hall–Kier alpha value is -1.07. The van der Waals surface area contributed by atoms with Gasteiger partial charge in [0.05, 0.1) is 6.54 Å². The summed E-state index contributed by atoms with van der Waals surface area (Å²) in [7, 11) is 0. The number of hydrogen-bond acceptors (Lipinski definition) is 3. The highest BCUT2D eigenvalue weighted by atomic mass is 32.1. The molecular weight excluding hydrogens is 234 g/mol. The van der Waals surface area contributed by atoms with E-state index >= 15 is 0 Å². The summed E-state index contributed by atoms with van der Waals surface area (Å²) in [5.74, 6) is 0. The average molecular weight is 253 g/mol. The Morgan fingerprint density at radius 3 is 2.76 bits per heavy atom. The van der Waals surface area contributed by atoms with Crippen LogP contribution in [0.2, 0.25) is 0 Å². The maximum Gasteiger partial charge on any atom is 0.317 e. The first-order valence-electron chi connectivity index (χ1n) is 6.07. The molecule has 1 aromatic rings. The Bertz CT molecular complexity index is 345. The third-order valence-corrected chi connectivity index (χ3v) is 3.98. The molecule has 0 atom stereocenters. The van der Waals surface area contributed by atoms with Crippen molar-refractivity contribution in [1.82, 2.24) is 15.1 Å². The second-order valence-electron chi connectivity index (χ2n) is 4.16. The number of carbonyl (C=O) groups excluding carboxylic acids is 1. The minimum Gasteiger partial charge on any atom is -0.333 e. The molecule has 1 N–H and O–H groups in total. The number of hydrogen-bond donors (Lipinski definition) is 1. The number of nitrogens with one attached hydrogen (secondary N) is 1. The van der Waals surface area contributed by atoms with Crippen molar-refractivity contribution in [2.24, 2.45) is 0 Å². The van der Waals surface area contributed by atoms with Crippen LogP contribution in [0, 0.1) is 0 Å². The van der Waals surface area contributed by atoms with Gasteiger partial charge in [-0.05, 0) is 18.0 Å². The molecule has 0 unspecified atom stereocenters. The Morgan fingerprint density at radius 1 is 1.41 bits per heavy atom. The van der Waals surface area contributed by atoms with Gasteiger partial charge in [-0.25, -0.2) is 4.79 Å². The molecule has 0 saturated carbocycles. The second kappa shape index (κ2) is 6.02. The first kappa shape index (κ1) is 12.4. The number of thiophene rings is 1. The molecule has 1 aliphatic rings. The van der Waals surface area contributed by atoms with Crippen molar-refractivity contribution in [1.29, 1.82) is 0 Å². The highest BCUT2D eigenvalue weighted by Gasteiger charge is 2.19. The van der Waals surface area contributed by atoms with E-state index in [9.17, 15) is 4.79 Å². The van der Waals surface area contributed by atoms with Gasteiger partial charge in [0, 0.05) is 31.1 Å². The third-order valence-electron chi connectivity index (χ3n) is 3.10. The summed E-state index contributed by atoms with van der Waals surface area (Å²) in [6.45, 7) is 7.53. The Labute approximate surface area is 106 Å². The van der Waals surface area contributed by atoms with Crippen LogP contribution in [0.5, 0.6) is 0 Å². The minimum atomic E-state index is 0.0640. The van der Waals surface area contributed by atoms with Crippen LogP contribution in [0.3, 0.4) is 0 Å². The Morgan fingerprint density at radius 2 is 2.18 bits per heavy atom. The van der Waals surface area contributed by atoms with Crippen LogP contribution in [-0.2, 0) is 6.54 Å².